The number of carbonyl (C=O) groups is 1. The van der Waals surface area contributed by atoms with Crippen molar-refractivity contribution in [1.29, 1.82) is 0 Å². The van der Waals surface area contributed by atoms with Crippen LogP contribution in [0.15, 0.2) is 11.6 Å². The van der Waals surface area contributed by atoms with Crippen molar-refractivity contribution in [3.63, 3.8) is 0 Å². The van der Waals surface area contributed by atoms with Crippen molar-refractivity contribution in [2.24, 2.45) is 0 Å². The quantitative estimate of drug-likeness (QED) is 0.880. The molecular weight excluding hydrogens is 307 g/mol. The molecule has 2 heterocycles. The highest BCUT2D eigenvalue weighted by Gasteiger charge is 2.37. The van der Waals surface area contributed by atoms with E-state index in [0.29, 0.717) is 13.0 Å². The Morgan fingerprint density at radius 2 is 2.38 bits per heavy atom. The minimum Gasteiger partial charge on any atom is -0.378 e. The summed E-state index contributed by atoms with van der Waals surface area (Å²) in [6.07, 6.45) is -2.09. The van der Waals surface area contributed by atoms with Gasteiger partial charge < -0.3 is 10.1 Å². The number of nitrogens with one attached hydrogen (secondary N) is 1. The molecule has 21 heavy (non-hydrogen) atoms. The first-order valence-electron chi connectivity index (χ1n) is 6.50. The number of hydrogen-bond donors (Lipinski definition) is 1. The Morgan fingerprint density at radius 3 is 3.05 bits per heavy atom. The zero-order valence-electron chi connectivity index (χ0n) is 11.2. The average Bonchev–Trinajstić information content (AvgIpc) is 2.90. The van der Waals surface area contributed by atoms with Gasteiger partial charge >= 0.3 is 6.18 Å². The second-order valence-electron chi connectivity index (χ2n) is 4.64. The number of ether oxygens (including phenoxy) is 1. The van der Waals surface area contributed by atoms with Gasteiger partial charge in [0.1, 0.15) is 6.04 Å². The second-order valence-corrected chi connectivity index (χ2v) is 5.62. The van der Waals surface area contributed by atoms with E-state index in [9.17, 15) is 18.0 Å². The third-order valence-corrected chi connectivity index (χ3v) is 3.89. The summed E-state index contributed by atoms with van der Waals surface area (Å²) in [5.41, 5.74) is 0. The molecule has 1 aromatic rings. The Bertz CT molecular complexity index is 453. The monoisotopic (exact) mass is 323 g/mol. The average molecular weight is 323 g/mol. The van der Waals surface area contributed by atoms with Crippen LogP contribution in [0.3, 0.4) is 0 Å². The summed E-state index contributed by atoms with van der Waals surface area (Å²) in [5, 5.41) is 5.35. The van der Waals surface area contributed by atoms with Crippen molar-refractivity contribution in [2.45, 2.75) is 18.6 Å². The summed E-state index contributed by atoms with van der Waals surface area (Å²) in [5.74, 6) is -0.435. The van der Waals surface area contributed by atoms with Crippen LogP contribution in [0.4, 0.5) is 13.2 Å². The van der Waals surface area contributed by atoms with Crippen LogP contribution in [-0.4, -0.2) is 60.9 Å². The van der Waals surface area contributed by atoms with Crippen molar-refractivity contribution in [2.75, 3.05) is 32.8 Å². The Kier molecular flexibility index (Phi) is 5.54. The lowest BCUT2D eigenvalue weighted by Gasteiger charge is -2.34. The minimum atomic E-state index is -4.32. The molecule has 1 N–H and O–H groups in total. The van der Waals surface area contributed by atoms with E-state index in [4.69, 9.17) is 4.74 Å². The van der Waals surface area contributed by atoms with Gasteiger partial charge in [0.2, 0.25) is 5.91 Å². The molecule has 118 valence electrons. The summed E-state index contributed by atoms with van der Waals surface area (Å²) in [6.45, 7) is -0.453. The number of rotatable bonds is 5. The van der Waals surface area contributed by atoms with E-state index < -0.39 is 24.7 Å². The molecule has 2 rings (SSSR count). The molecule has 5 nitrogen and oxygen atoms in total. The van der Waals surface area contributed by atoms with Gasteiger partial charge in [0.25, 0.3) is 0 Å². The zero-order chi connectivity index (χ0) is 15.3. The molecule has 0 radical (unpaired) electrons. The normalized spacial score (nSPS) is 20.4. The van der Waals surface area contributed by atoms with Crippen LogP contribution in [0.1, 0.15) is 5.01 Å². The summed E-state index contributed by atoms with van der Waals surface area (Å²) in [6, 6.07) is -0.892. The van der Waals surface area contributed by atoms with Crippen LogP contribution in [-0.2, 0) is 16.0 Å². The first kappa shape index (κ1) is 16.2. The molecule has 0 bridgehead atoms. The number of hydrogen-bond acceptors (Lipinski definition) is 5. The molecule has 0 unspecified atom stereocenters. The van der Waals surface area contributed by atoms with E-state index in [1.165, 1.54) is 11.3 Å². The van der Waals surface area contributed by atoms with Gasteiger partial charge in [-0.15, -0.1) is 11.3 Å². The molecule has 1 saturated heterocycles. The molecule has 1 fully saturated rings. The van der Waals surface area contributed by atoms with E-state index in [0.717, 1.165) is 9.91 Å². The number of thiazole rings is 1. The molecule has 1 aliphatic heterocycles. The van der Waals surface area contributed by atoms with Gasteiger partial charge in [0, 0.05) is 31.1 Å². The SMILES string of the molecule is O=C(NCCc1nccs1)[C@H]1COCCN1CC(F)(F)F. The molecular formula is C12H16F3N3O2S. The maximum Gasteiger partial charge on any atom is 0.401 e. The number of alkyl halides is 3. The highest BCUT2D eigenvalue weighted by atomic mass is 32.1. The molecule has 0 aromatic carbocycles. The van der Waals surface area contributed by atoms with Gasteiger partial charge in [0.05, 0.1) is 24.8 Å². The van der Waals surface area contributed by atoms with Crippen molar-refractivity contribution < 1.29 is 22.7 Å². The molecule has 1 aliphatic rings. The van der Waals surface area contributed by atoms with Crippen LogP contribution in [0.25, 0.3) is 0 Å². The largest absolute Gasteiger partial charge is 0.401 e. The van der Waals surface area contributed by atoms with Gasteiger partial charge in [-0.1, -0.05) is 0 Å². The topological polar surface area (TPSA) is 54.5 Å². The predicted octanol–water partition coefficient (Wildman–Crippen LogP) is 1.06. The Morgan fingerprint density at radius 1 is 1.57 bits per heavy atom. The number of carbonyl (C=O) groups excluding carboxylic acids is 1. The maximum atomic E-state index is 12.5. The van der Waals surface area contributed by atoms with Gasteiger partial charge in [-0.25, -0.2) is 4.98 Å². The highest BCUT2D eigenvalue weighted by Crippen LogP contribution is 2.19. The summed E-state index contributed by atoms with van der Waals surface area (Å²) >= 11 is 1.47. The molecule has 0 spiro atoms. The third kappa shape index (κ3) is 5.25. The van der Waals surface area contributed by atoms with Crippen LogP contribution in [0, 0.1) is 0 Å². The van der Waals surface area contributed by atoms with Gasteiger partial charge in [-0.05, 0) is 0 Å². The van der Waals surface area contributed by atoms with Gasteiger partial charge in [-0.2, -0.15) is 13.2 Å². The fourth-order valence-electron chi connectivity index (χ4n) is 2.09. The third-order valence-electron chi connectivity index (χ3n) is 3.05. The smallest absolute Gasteiger partial charge is 0.378 e. The summed E-state index contributed by atoms with van der Waals surface area (Å²) < 4.78 is 42.6. The zero-order valence-corrected chi connectivity index (χ0v) is 12.0. The highest BCUT2D eigenvalue weighted by molar-refractivity contribution is 7.09. The van der Waals surface area contributed by atoms with Crippen LogP contribution in [0.5, 0.6) is 0 Å². The molecule has 0 saturated carbocycles. The van der Waals surface area contributed by atoms with E-state index in [-0.39, 0.29) is 19.8 Å². The molecule has 1 amide bonds. The van der Waals surface area contributed by atoms with Crippen molar-refractivity contribution in [3.05, 3.63) is 16.6 Å². The van der Waals surface area contributed by atoms with Gasteiger partial charge in [0.15, 0.2) is 0 Å². The Hall–Kier alpha value is -1.19. The van der Waals surface area contributed by atoms with Gasteiger partial charge in [-0.3, -0.25) is 9.69 Å². The Balaban J connectivity index is 1.83. The van der Waals surface area contributed by atoms with Crippen molar-refractivity contribution >= 4 is 17.2 Å². The maximum absolute atomic E-state index is 12.5. The number of aromatic nitrogens is 1. The molecule has 1 aromatic heterocycles. The predicted molar refractivity (Wildman–Crippen MR) is 71.1 cm³/mol. The number of morpholine rings is 1. The van der Waals surface area contributed by atoms with E-state index in [2.05, 4.69) is 10.3 Å². The van der Waals surface area contributed by atoms with Crippen molar-refractivity contribution in [1.82, 2.24) is 15.2 Å². The fourth-order valence-corrected chi connectivity index (χ4v) is 2.71. The minimum absolute atomic E-state index is 0.0147. The molecule has 1 atom stereocenters. The van der Waals surface area contributed by atoms with E-state index in [1.807, 2.05) is 5.38 Å². The molecule has 0 aliphatic carbocycles. The first-order chi connectivity index (χ1) is 9.96. The van der Waals surface area contributed by atoms with Crippen LogP contribution >= 0.6 is 11.3 Å². The second kappa shape index (κ2) is 7.19. The summed E-state index contributed by atoms with van der Waals surface area (Å²) in [7, 11) is 0. The lowest BCUT2D eigenvalue weighted by Crippen LogP contribution is -2.56. The van der Waals surface area contributed by atoms with E-state index in [1.54, 1.807) is 6.20 Å². The lowest BCUT2D eigenvalue weighted by atomic mass is 10.2. The van der Waals surface area contributed by atoms with Crippen LogP contribution in [0.2, 0.25) is 0 Å². The first-order valence-corrected chi connectivity index (χ1v) is 7.38. The van der Waals surface area contributed by atoms with Crippen LogP contribution < -0.4 is 5.32 Å². The summed E-state index contributed by atoms with van der Waals surface area (Å²) in [4.78, 5) is 17.2. The number of amides is 1. The number of nitrogens with zero attached hydrogens (tertiary/aromatic N) is 2. The molecule has 9 heteroatoms. The Labute approximate surface area is 124 Å². The number of halogens is 3. The standard InChI is InChI=1S/C12H16F3N3O2S/c13-12(14,15)8-18-4-5-20-7-9(18)11(19)17-2-1-10-16-3-6-21-10/h3,6,9H,1-2,4-5,7-8H2,(H,17,19)/t9-/m1/s1. The lowest BCUT2D eigenvalue weighted by molar-refractivity contribution is -0.166. The van der Waals surface area contributed by atoms with E-state index >= 15 is 0 Å². The fraction of sp³-hybridized carbons (Fsp3) is 0.667. The van der Waals surface area contributed by atoms with Crippen molar-refractivity contribution in [3.8, 4) is 0 Å².